The van der Waals surface area contributed by atoms with Gasteiger partial charge >= 0.3 is 5.97 Å². The summed E-state index contributed by atoms with van der Waals surface area (Å²) >= 11 is 5.79. The first-order valence-corrected chi connectivity index (χ1v) is 9.52. The first-order valence-electron chi connectivity index (χ1n) is 9.14. The Morgan fingerprint density at radius 2 is 1.82 bits per heavy atom. The van der Waals surface area contributed by atoms with Crippen molar-refractivity contribution in [1.29, 1.82) is 0 Å². The number of rotatable bonds is 9. The van der Waals surface area contributed by atoms with Crippen LogP contribution in [0.15, 0.2) is 36.5 Å². The van der Waals surface area contributed by atoms with Crippen molar-refractivity contribution in [2.24, 2.45) is 0 Å². The summed E-state index contributed by atoms with van der Waals surface area (Å²) in [4.78, 5) is 36.4. The van der Waals surface area contributed by atoms with Crippen molar-refractivity contribution < 1.29 is 19.1 Å². The van der Waals surface area contributed by atoms with Gasteiger partial charge in [0, 0.05) is 23.1 Å². The van der Waals surface area contributed by atoms with Gasteiger partial charge in [-0.05, 0) is 44.5 Å². The fraction of sp³-hybridized carbons (Fsp3) is 0.400. The standard InChI is InChI=1S/C20H24ClN3O4/c1-4-13(2)24-18(11-12-22-24)23-20(27)14(3)28-19(26)10-9-17(25)15-5-7-16(21)8-6-15/h5-8,11-14H,4,9-10H2,1-3H3,(H,23,27)/t13-,14-/m1/s1. The van der Waals surface area contributed by atoms with E-state index in [1.54, 1.807) is 41.2 Å². The van der Waals surface area contributed by atoms with Gasteiger partial charge in [0.2, 0.25) is 0 Å². The van der Waals surface area contributed by atoms with E-state index in [-0.39, 0.29) is 24.7 Å². The maximum Gasteiger partial charge on any atom is 0.307 e. The van der Waals surface area contributed by atoms with Crippen LogP contribution in [0.5, 0.6) is 0 Å². The molecule has 0 spiro atoms. The van der Waals surface area contributed by atoms with E-state index in [0.29, 0.717) is 16.4 Å². The first-order chi connectivity index (χ1) is 13.3. The van der Waals surface area contributed by atoms with Crippen LogP contribution >= 0.6 is 11.6 Å². The third kappa shape index (κ3) is 5.92. The number of aromatic nitrogens is 2. The van der Waals surface area contributed by atoms with E-state index in [2.05, 4.69) is 10.4 Å². The highest BCUT2D eigenvalue weighted by Crippen LogP contribution is 2.17. The van der Waals surface area contributed by atoms with Gasteiger partial charge in [0.25, 0.3) is 5.91 Å². The lowest BCUT2D eigenvalue weighted by molar-refractivity contribution is -0.153. The number of Topliss-reactive ketones (excluding diaryl/α,β-unsaturated/α-hetero) is 1. The molecule has 1 aromatic heterocycles. The average Bonchev–Trinajstić information content (AvgIpc) is 3.14. The number of benzene rings is 1. The van der Waals surface area contributed by atoms with Crippen molar-refractivity contribution in [3.8, 4) is 0 Å². The van der Waals surface area contributed by atoms with E-state index in [0.717, 1.165) is 6.42 Å². The van der Waals surface area contributed by atoms with Gasteiger partial charge in [0.05, 0.1) is 18.7 Å². The van der Waals surface area contributed by atoms with Crippen LogP contribution in [0, 0.1) is 0 Å². The van der Waals surface area contributed by atoms with Crippen LogP contribution in [-0.2, 0) is 14.3 Å². The number of amides is 1. The van der Waals surface area contributed by atoms with Gasteiger partial charge in [-0.3, -0.25) is 14.4 Å². The number of esters is 1. The lowest BCUT2D eigenvalue weighted by Gasteiger charge is -2.17. The zero-order valence-electron chi connectivity index (χ0n) is 16.1. The zero-order valence-corrected chi connectivity index (χ0v) is 16.9. The van der Waals surface area contributed by atoms with E-state index < -0.39 is 18.0 Å². The van der Waals surface area contributed by atoms with Crippen LogP contribution < -0.4 is 5.32 Å². The maximum atomic E-state index is 12.3. The molecule has 2 atom stereocenters. The Morgan fingerprint density at radius 1 is 1.14 bits per heavy atom. The lowest BCUT2D eigenvalue weighted by Crippen LogP contribution is -2.31. The molecule has 8 heteroatoms. The number of hydrogen-bond acceptors (Lipinski definition) is 5. The summed E-state index contributed by atoms with van der Waals surface area (Å²) in [5.74, 6) is -0.717. The van der Waals surface area contributed by atoms with Crippen molar-refractivity contribution >= 4 is 35.1 Å². The molecule has 0 fully saturated rings. The smallest absolute Gasteiger partial charge is 0.307 e. The Hall–Kier alpha value is -2.67. The average molecular weight is 406 g/mol. The normalized spacial score (nSPS) is 12.9. The molecule has 1 N–H and O–H groups in total. The fourth-order valence-corrected chi connectivity index (χ4v) is 2.60. The summed E-state index contributed by atoms with van der Waals surface area (Å²) in [5.41, 5.74) is 0.473. The Labute approximate surface area is 169 Å². The number of ketones is 1. The summed E-state index contributed by atoms with van der Waals surface area (Å²) in [7, 11) is 0. The molecule has 2 rings (SSSR count). The van der Waals surface area contributed by atoms with Gasteiger partial charge in [0.1, 0.15) is 5.82 Å². The molecule has 0 saturated carbocycles. The molecule has 0 aliphatic heterocycles. The van der Waals surface area contributed by atoms with Crippen LogP contribution in [0.2, 0.25) is 5.02 Å². The SMILES string of the molecule is CC[C@@H](C)n1nccc1NC(=O)[C@@H](C)OC(=O)CCC(=O)c1ccc(Cl)cc1. The number of carbonyl (C=O) groups is 3. The van der Waals surface area contributed by atoms with E-state index in [4.69, 9.17) is 16.3 Å². The van der Waals surface area contributed by atoms with E-state index >= 15 is 0 Å². The molecule has 0 saturated heterocycles. The number of carbonyl (C=O) groups excluding carboxylic acids is 3. The summed E-state index contributed by atoms with van der Waals surface area (Å²) in [6.45, 7) is 5.50. The Kier molecular flexibility index (Phi) is 7.75. The highest BCUT2D eigenvalue weighted by molar-refractivity contribution is 6.30. The van der Waals surface area contributed by atoms with Crippen molar-refractivity contribution in [1.82, 2.24) is 9.78 Å². The number of hydrogen-bond donors (Lipinski definition) is 1. The summed E-state index contributed by atoms with van der Waals surface area (Å²) in [6, 6.07) is 8.25. The van der Waals surface area contributed by atoms with Crippen molar-refractivity contribution in [2.75, 3.05) is 5.32 Å². The van der Waals surface area contributed by atoms with Gasteiger partial charge in [-0.2, -0.15) is 5.10 Å². The monoisotopic (exact) mass is 405 g/mol. The van der Waals surface area contributed by atoms with Crippen LogP contribution in [0.4, 0.5) is 5.82 Å². The van der Waals surface area contributed by atoms with Crippen molar-refractivity contribution in [3.05, 3.63) is 47.1 Å². The topological polar surface area (TPSA) is 90.3 Å². The largest absolute Gasteiger partial charge is 0.453 e. The van der Waals surface area contributed by atoms with Gasteiger partial charge in [-0.1, -0.05) is 18.5 Å². The number of anilines is 1. The van der Waals surface area contributed by atoms with Crippen LogP contribution in [0.3, 0.4) is 0 Å². The molecular formula is C20H24ClN3O4. The number of nitrogens with zero attached hydrogens (tertiary/aromatic N) is 2. The third-order valence-corrected chi connectivity index (χ3v) is 4.58. The molecule has 1 heterocycles. The molecule has 2 aromatic rings. The van der Waals surface area contributed by atoms with Gasteiger partial charge < -0.3 is 10.1 Å². The predicted molar refractivity (Wildman–Crippen MR) is 106 cm³/mol. The molecule has 0 bridgehead atoms. The van der Waals surface area contributed by atoms with Gasteiger partial charge in [0.15, 0.2) is 11.9 Å². The van der Waals surface area contributed by atoms with E-state index in [1.165, 1.54) is 6.92 Å². The Bertz CT molecular complexity index is 832. The number of halogens is 1. The van der Waals surface area contributed by atoms with Crippen LogP contribution in [0.1, 0.15) is 56.4 Å². The van der Waals surface area contributed by atoms with E-state index in [9.17, 15) is 14.4 Å². The predicted octanol–water partition coefficient (Wildman–Crippen LogP) is 4.04. The molecule has 0 unspecified atom stereocenters. The Morgan fingerprint density at radius 3 is 2.46 bits per heavy atom. The molecular weight excluding hydrogens is 382 g/mol. The second-order valence-corrected chi connectivity index (χ2v) is 6.91. The zero-order chi connectivity index (χ0) is 20.7. The summed E-state index contributed by atoms with van der Waals surface area (Å²) < 4.78 is 6.84. The molecule has 150 valence electrons. The van der Waals surface area contributed by atoms with Crippen LogP contribution in [0.25, 0.3) is 0 Å². The molecule has 28 heavy (non-hydrogen) atoms. The second kappa shape index (κ2) is 10.0. The molecule has 1 amide bonds. The van der Waals surface area contributed by atoms with Crippen molar-refractivity contribution in [3.63, 3.8) is 0 Å². The van der Waals surface area contributed by atoms with Gasteiger partial charge in [-0.15, -0.1) is 0 Å². The number of ether oxygens (including phenoxy) is 1. The van der Waals surface area contributed by atoms with Crippen LogP contribution in [-0.4, -0.2) is 33.5 Å². The highest BCUT2D eigenvalue weighted by Gasteiger charge is 2.20. The number of nitrogens with one attached hydrogen (secondary N) is 1. The molecule has 7 nitrogen and oxygen atoms in total. The minimum atomic E-state index is -0.988. The molecule has 0 radical (unpaired) electrons. The van der Waals surface area contributed by atoms with E-state index in [1.807, 2.05) is 13.8 Å². The van der Waals surface area contributed by atoms with Gasteiger partial charge in [-0.25, -0.2) is 4.68 Å². The maximum absolute atomic E-state index is 12.3. The second-order valence-electron chi connectivity index (χ2n) is 6.47. The minimum absolute atomic E-state index is 0.00437. The third-order valence-electron chi connectivity index (χ3n) is 4.33. The molecule has 1 aromatic carbocycles. The minimum Gasteiger partial charge on any atom is -0.453 e. The molecule has 0 aliphatic carbocycles. The highest BCUT2D eigenvalue weighted by atomic mass is 35.5. The summed E-state index contributed by atoms with van der Waals surface area (Å²) in [5, 5.41) is 7.44. The summed E-state index contributed by atoms with van der Waals surface area (Å²) in [6.07, 6.45) is 1.36. The quantitative estimate of drug-likeness (QED) is 0.502. The fourth-order valence-electron chi connectivity index (χ4n) is 2.47. The molecule has 0 aliphatic rings. The lowest BCUT2D eigenvalue weighted by atomic mass is 10.1. The van der Waals surface area contributed by atoms with Crippen molar-refractivity contribution in [2.45, 2.75) is 52.2 Å². The Balaban J connectivity index is 1.83. The first kappa shape index (κ1) is 21.6.